The van der Waals surface area contributed by atoms with Crippen LogP contribution in [-0.4, -0.2) is 31.7 Å². The number of hydrogen-bond donors (Lipinski definition) is 2. The number of amides is 2. The average molecular weight is 492 g/mol. The van der Waals surface area contributed by atoms with Gasteiger partial charge < -0.3 is 20.7 Å². The molecule has 9 nitrogen and oxygen atoms in total. The number of fused-ring (bicyclic) bond motifs is 1. The molecule has 13 heteroatoms. The Bertz CT molecular complexity index is 1200. The quantitative estimate of drug-likeness (QED) is 0.524. The molecule has 3 aromatic rings. The van der Waals surface area contributed by atoms with E-state index in [0.717, 1.165) is 6.07 Å². The molecule has 4 rings (SSSR count). The van der Waals surface area contributed by atoms with Gasteiger partial charge in [0.1, 0.15) is 5.82 Å². The van der Waals surface area contributed by atoms with Crippen molar-refractivity contribution >= 4 is 34.7 Å². The molecule has 0 spiro atoms. The van der Waals surface area contributed by atoms with E-state index in [9.17, 15) is 22.8 Å². The van der Waals surface area contributed by atoms with Gasteiger partial charge in [-0.3, -0.25) is 14.6 Å². The van der Waals surface area contributed by atoms with Gasteiger partial charge in [-0.2, -0.15) is 13.2 Å². The summed E-state index contributed by atoms with van der Waals surface area (Å²) in [5, 5.41) is 4.27. The second-order valence-corrected chi connectivity index (χ2v) is 8.24. The fourth-order valence-electron chi connectivity index (χ4n) is 3.43. The molecule has 0 saturated carbocycles. The van der Waals surface area contributed by atoms with Crippen molar-refractivity contribution in [1.29, 1.82) is 0 Å². The third-order valence-corrected chi connectivity index (χ3v) is 5.96. The fourth-order valence-corrected chi connectivity index (χ4v) is 4.08. The zero-order valence-corrected chi connectivity index (χ0v) is 18.6. The van der Waals surface area contributed by atoms with Crippen molar-refractivity contribution in [3.8, 4) is 0 Å². The average Bonchev–Trinajstić information content (AvgIpc) is 3.51. The molecule has 0 radical (unpaired) electrons. The van der Waals surface area contributed by atoms with E-state index in [-0.39, 0.29) is 31.3 Å². The molecule has 3 aromatic heterocycles. The van der Waals surface area contributed by atoms with E-state index in [1.807, 2.05) is 0 Å². The lowest BCUT2D eigenvalue weighted by Crippen LogP contribution is -2.41. The number of thiazole rings is 1. The van der Waals surface area contributed by atoms with Crippen LogP contribution in [0, 0.1) is 0 Å². The molecule has 0 fully saturated rings. The van der Waals surface area contributed by atoms with E-state index >= 15 is 0 Å². The maximum absolute atomic E-state index is 13.2. The van der Waals surface area contributed by atoms with Gasteiger partial charge in [0.15, 0.2) is 0 Å². The van der Waals surface area contributed by atoms with Gasteiger partial charge >= 0.3 is 18.0 Å². The summed E-state index contributed by atoms with van der Waals surface area (Å²) in [4.78, 5) is 39.3. The van der Waals surface area contributed by atoms with Crippen molar-refractivity contribution < 1.29 is 27.5 Å². The molecule has 4 heterocycles. The summed E-state index contributed by atoms with van der Waals surface area (Å²) in [6.45, 7) is 1.92. The number of carbonyl (C=O) groups excluding carboxylic acids is 2. The summed E-state index contributed by atoms with van der Waals surface area (Å²) in [6.07, 6.45) is -2.50. The Morgan fingerprint density at radius 3 is 2.62 bits per heavy atom. The lowest BCUT2D eigenvalue weighted by Gasteiger charge is -2.27. The molecule has 0 saturated heterocycles. The Kier molecular flexibility index (Phi) is 6.48. The Balaban J connectivity index is 1.58. The summed E-state index contributed by atoms with van der Waals surface area (Å²) in [5.41, 5.74) is 8.79. The van der Waals surface area contributed by atoms with Crippen LogP contribution in [0.3, 0.4) is 0 Å². The first-order valence-electron chi connectivity index (χ1n) is 10.0. The molecule has 1 aliphatic heterocycles. The zero-order chi connectivity index (χ0) is 24.5. The van der Waals surface area contributed by atoms with Crippen LogP contribution in [0.1, 0.15) is 41.0 Å². The number of anilines is 2. The van der Waals surface area contributed by atoms with Crippen molar-refractivity contribution in [2.45, 2.75) is 38.9 Å². The third kappa shape index (κ3) is 4.84. The molecule has 1 aliphatic rings. The predicted molar refractivity (Wildman–Crippen MR) is 116 cm³/mol. The van der Waals surface area contributed by atoms with Gasteiger partial charge in [0.05, 0.1) is 60.1 Å². The Morgan fingerprint density at radius 2 is 1.97 bits per heavy atom. The second-order valence-electron chi connectivity index (χ2n) is 7.52. The molecule has 0 aromatic carbocycles. The van der Waals surface area contributed by atoms with Crippen LogP contribution in [0.4, 0.5) is 24.7 Å². The van der Waals surface area contributed by atoms with Crippen molar-refractivity contribution in [2.75, 3.05) is 11.1 Å². The van der Waals surface area contributed by atoms with Gasteiger partial charge in [-0.1, -0.05) is 0 Å². The van der Waals surface area contributed by atoms with Crippen molar-refractivity contribution in [3.05, 3.63) is 63.5 Å². The standard InChI is InChI=1S/C21H19F3N6O3S/c1-11(17-9-34-10-28-17)30(6-13-3-2-12(4-26-13)21(22,23)24)20(32)19(31)29-16-5-27-18(25)15-8-33-7-14(15)16/h2-5,9-11H,6-8H2,1H3,(H2,25,27)(H,29,31). The van der Waals surface area contributed by atoms with Gasteiger partial charge in [-0.25, -0.2) is 9.97 Å². The summed E-state index contributed by atoms with van der Waals surface area (Å²) in [6, 6.07) is 1.40. The molecular weight excluding hydrogens is 473 g/mol. The smallest absolute Gasteiger partial charge is 0.383 e. The Morgan fingerprint density at radius 1 is 1.21 bits per heavy atom. The lowest BCUT2D eigenvalue weighted by molar-refractivity contribution is -0.145. The topological polar surface area (TPSA) is 123 Å². The van der Waals surface area contributed by atoms with Gasteiger partial charge in [0, 0.05) is 22.7 Å². The molecule has 0 bridgehead atoms. The highest BCUT2D eigenvalue weighted by Crippen LogP contribution is 2.31. The zero-order valence-electron chi connectivity index (χ0n) is 17.8. The fraction of sp³-hybridized carbons (Fsp3) is 0.286. The first-order chi connectivity index (χ1) is 16.1. The minimum absolute atomic E-state index is 0.180. The molecular formula is C21H19F3N6O3S. The van der Waals surface area contributed by atoms with Crippen LogP contribution in [0.25, 0.3) is 0 Å². The van der Waals surface area contributed by atoms with Gasteiger partial charge in [0.2, 0.25) is 0 Å². The van der Waals surface area contributed by atoms with Crippen molar-refractivity contribution in [1.82, 2.24) is 19.9 Å². The highest BCUT2D eigenvalue weighted by molar-refractivity contribution is 7.07. The van der Waals surface area contributed by atoms with Crippen LogP contribution >= 0.6 is 11.3 Å². The minimum atomic E-state index is -4.54. The van der Waals surface area contributed by atoms with Gasteiger partial charge in [-0.05, 0) is 19.1 Å². The number of hydrogen-bond acceptors (Lipinski definition) is 8. The minimum Gasteiger partial charge on any atom is -0.383 e. The summed E-state index contributed by atoms with van der Waals surface area (Å²) in [7, 11) is 0. The number of carbonyl (C=O) groups is 2. The largest absolute Gasteiger partial charge is 0.417 e. The summed E-state index contributed by atoms with van der Waals surface area (Å²) >= 11 is 1.31. The predicted octanol–water partition coefficient (Wildman–Crippen LogP) is 3.29. The van der Waals surface area contributed by atoms with Crippen LogP contribution in [0.2, 0.25) is 0 Å². The van der Waals surface area contributed by atoms with Crippen LogP contribution < -0.4 is 11.1 Å². The number of rotatable bonds is 5. The first-order valence-corrected chi connectivity index (χ1v) is 11.0. The molecule has 0 aliphatic carbocycles. The van der Waals surface area contributed by atoms with Crippen LogP contribution in [-0.2, 0) is 40.3 Å². The molecule has 2 amide bonds. The Hall–Kier alpha value is -3.58. The molecule has 3 N–H and O–H groups in total. The normalized spacial score (nSPS) is 13.9. The SMILES string of the molecule is CC(c1cscn1)N(Cc1ccc(C(F)(F)F)cn1)C(=O)C(=O)Nc1cnc(N)c2c1COC2. The van der Waals surface area contributed by atoms with Crippen molar-refractivity contribution in [3.63, 3.8) is 0 Å². The number of ether oxygens (including phenoxy) is 1. The maximum atomic E-state index is 13.2. The van der Waals surface area contributed by atoms with Crippen LogP contribution in [0.15, 0.2) is 35.4 Å². The van der Waals surface area contributed by atoms with E-state index < -0.39 is 29.6 Å². The number of nitrogens with zero attached hydrogens (tertiary/aromatic N) is 4. The lowest BCUT2D eigenvalue weighted by atomic mass is 10.1. The highest BCUT2D eigenvalue weighted by Gasteiger charge is 2.32. The Labute approximate surface area is 195 Å². The van der Waals surface area contributed by atoms with Crippen LogP contribution in [0.5, 0.6) is 0 Å². The number of aromatic nitrogens is 3. The highest BCUT2D eigenvalue weighted by atomic mass is 32.1. The van der Waals surface area contributed by atoms with E-state index in [4.69, 9.17) is 10.5 Å². The third-order valence-electron chi connectivity index (χ3n) is 5.36. The number of nitrogen functional groups attached to an aromatic ring is 1. The summed E-state index contributed by atoms with van der Waals surface area (Å²) in [5.74, 6) is -1.58. The van der Waals surface area contributed by atoms with E-state index in [2.05, 4.69) is 20.3 Å². The number of alkyl halides is 3. The van der Waals surface area contributed by atoms with Crippen molar-refractivity contribution in [2.24, 2.45) is 0 Å². The first kappa shape index (κ1) is 23.6. The molecule has 1 unspecified atom stereocenters. The molecule has 1 atom stereocenters. The molecule has 34 heavy (non-hydrogen) atoms. The van der Waals surface area contributed by atoms with E-state index in [0.29, 0.717) is 28.7 Å². The monoisotopic (exact) mass is 492 g/mol. The summed E-state index contributed by atoms with van der Waals surface area (Å²) < 4.78 is 44.0. The number of halogens is 3. The number of pyridine rings is 2. The number of nitrogens with two attached hydrogens (primary N) is 1. The second kappa shape index (κ2) is 9.35. The van der Waals surface area contributed by atoms with Gasteiger partial charge in [-0.15, -0.1) is 11.3 Å². The maximum Gasteiger partial charge on any atom is 0.417 e. The number of nitrogens with one attached hydrogen (secondary N) is 1. The van der Waals surface area contributed by atoms with E-state index in [1.54, 1.807) is 17.8 Å². The molecule has 178 valence electrons. The van der Waals surface area contributed by atoms with E-state index in [1.165, 1.54) is 28.5 Å². The van der Waals surface area contributed by atoms with Gasteiger partial charge in [0.25, 0.3) is 0 Å².